The van der Waals surface area contributed by atoms with Crippen LogP contribution in [0, 0.1) is 13.8 Å². The average Bonchev–Trinajstić information content (AvgIpc) is 3.32. The molecule has 0 saturated carbocycles. The van der Waals surface area contributed by atoms with Crippen molar-refractivity contribution in [2.45, 2.75) is 20.4 Å². The minimum atomic E-state index is -0.553. The van der Waals surface area contributed by atoms with Gasteiger partial charge in [-0.3, -0.25) is 10.1 Å². The van der Waals surface area contributed by atoms with Gasteiger partial charge in [0.15, 0.2) is 5.11 Å². The number of aryl methyl sites for hydroxylation is 1. The van der Waals surface area contributed by atoms with Gasteiger partial charge in [-0.25, -0.2) is 14.5 Å². The molecule has 3 rings (SSSR count). The molecule has 32 heavy (non-hydrogen) atoms. The van der Waals surface area contributed by atoms with Crippen LogP contribution in [0.25, 0.3) is 0 Å². The van der Waals surface area contributed by atoms with Gasteiger partial charge < -0.3 is 15.0 Å². The molecular weight excluding hydrogens is 448 g/mol. The fraction of sp³-hybridized carbons (Fsp3) is 0.286. The Hall–Kier alpha value is -3.31. The van der Waals surface area contributed by atoms with Gasteiger partial charge in [0.2, 0.25) is 5.95 Å². The number of carbonyl (C=O) groups is 2. The molecule has 2 N–H and O–H groups in total. The van der Waals surface area contributed by atoms with Crippen LogP contribution in [0.2, 0.25) is 0 Å². The number of methoxy groups -OCH3 is 1. The molecule has 0 fully saturated rings. The predicted octanol–water partition coefficient (Wildman–Crippen LogP) is 3.30. The Bertz CT molecular complexity index is 1170. The maximum atomic E-state index is 12.5. The van der Waals surface area contributed by atoms with Crippen molar-refractivity contribution in [3.8, 4) is 0 Å². The second-order valence-electron chi connectivity index (χ2n) is 7.22. The molecule has 11 heteroatoms. The quantitative estimate of drug-likeness (QED) is 0.416. The third-order valence-electron chi connectivity index (χ3n) is 4.72. The van der Waals surface area contributed by atoms with Crippen LogP contribution in [0.15, 0.2) is 30.6 Å². The van der Waals surface area contributed by atoms with E-state index in [0.717, 1.165) is 16.9 Å². The van der Waals surface area contributed by atoms with E-state index < -0.39 is 5.97 Å². The Balaban J connectivity index is 1.75. The number of amides is 1. The van der Waals surface area contributed by atoms with Crippen LogP contribution >= 0.6 is 23.6 Å². The Morgan fingerprint density at radius 3 is 2.59 bits per heavy atom. The van der Waals surface area contributed by atoms with Gasteiger partial charge in [-0.2, -0.15) is 0 Å². The predicted molar refractivity (Wildman–Crippen MR) is 129 cm³/mol. The monoisotopic (exact) mass is 472 g/mol. The highest BCUT2D eigenvalue weighted by molar-refractivity contribution is 7.80. The van der Waals surface area contributed by atoms with Crippen molar-refractivity contribution in [2.24, 2.45) is 0 Å². The lowest BCUT2D eigenvalue weighted by Crippen LogP contribution is -2.21. The lowest BCUT2D eigenvalue weighted by molar-refractivity contribution is 0.0601. The summed E-state index contributed by atoms with van der Waals surface area (Å²) >= 11 is 6.51. The summed E-state index contributed by atoms with van der Waals surface area (Å²) in [5.41, 5.74) is 3.11. The third kappa shape index (κ3) is 5.11. The zero-order chi connectivity index (χ0) is 23.4. The first kappa shape index (κ1) is 23.4. The summed E-state index contributed by atoms with van der Waals surface area (Å²) in [5.74, 6) is -0.447. The van der Waals surface area contributed by atoms with Gasteiger partial charge >= 0.3 is 5.97 Å². The minimum absolute atomic E-state index is 0.189. The SMILES string of the molecule is COC(=O)c1c(NC(=S)Nc2ncn(Cc3ccccc3C)n2)sc(C(=O)N(C)C)c1C. The zero-order valence-electron chi connectivity index (χ0n) is 18.4. The Morgan fingerprint density at radius 1 is 1.22 bits per heavy atom. The maximum Gasteiger partial charge on any atom is 0.341 e. The van der Waals surface area contributed by atoms with E-state index in [1.807, 2.05) is 31.2 Å². The van der Waals surface area contributed by atoms with Gasteiger partial charge in [-0.05, 0) is 42.8 Å². The van der Waals surface area contributed by atoms with E-state index >= 15 is 0 Å². The van der Waals surface area contributed by atoms with Crippen molar-refractivity contribution >= 4 is 51.5 Å². The first-order valence-corrected chi connectivity index (χ1v) is 10.9. The molecule has 0 aliphatic carbocycles. The molecule has 3 aromatic rings. The number of anilines is 2. The molecule has 1 aromatic carbocycles. The summed E-state index contributed by atoms with van der Waals surface area (Å²) in [6, 6.07) is 8.05. The summed E-state index contributed by atoms with van der Waals surface area (Å²) < 4.78 is 6.60. The third-order valence-corrected chi connectivity index (χ3v) is 6.12. The first-order chi connectivity index (χ1) is 15.2. The smallest absolute Gasteiger partial charge is 0.341 e. The van der Waals surface area contributed by atoms with E-state index in [2.05, 4.69) is 20.7 Å². The van der Waals surface area contributed by atoms with Crippen molar-refractivity contribution in [1.29, 1.82) is 0 Å². The lowest BCUT2D eigenvalue weighted by atomic mass is 10.1. The van der Waals surface area contributed by atoms with E-state index in [-0.39, 0.29) is 16.6 Å². The van der Waals surface area contributed by atoms with E-state index in [4.69, 9.17) is 17.0 Å². The number of thiophene rings is 1. The van der Waals surface area contributed by atoms with Crippen molar-refractivity contribution in [1.82, 2.24) is 19.7 Å². The van der Waals surface area contributed by atoms with Crippen LogP contribution in [0.5, 0.6) is 0 Å². The molecule has 9 nitrogen and oxygen atoms in total. The van der Waals surface area contributed by atoms with Crippen molar-refractivity contribution in [3.05, 3.63) is 57.7 Å². The van der Waals surface area contributed by atoms with Crippen LogP contribution in [-0.4, -0.2) is 57.9 Å². The molecule has 168 valence electrons. The highest BCUT2D eigenvalue weighted by Crippen LogP contribution is 2.34. The number of rotatable bonds is 6. The van der Waals surface area contributed by atoms with Crippen molar-refractivity contribution in [3.63, 3.8) is 0 Å². The molecule has 0 spiro atoms. The molecule has 1 amide bonds. The zero-order valence-corrected chi connectivity index (χ0v) is 20.1. The molecular formula is C21H24N6O3S2. The molecule has 0 saturated heterocycles. The average molecular weight is 473 g/mol. The summed E-state index contributed by atoms with van der Waals surface area (Å²) in [6.45, 7) is 4.33. The topological polar surface area (TPSA) is 101 Å². The molecule has 0 atom stereocenters. The minimum Gasteiger partial charge on any atom is -0.465 e. The number of hydrogen-bond donors (Lipinski definition) is 2. The van der Waals surface area contributed by atoms with Gasteiger partial charge in [0.25, 0.3) is 5.91 Å². The number of carbonyl (C=O) groups excluding carboxylic acids is 2. The Kier molecular flexibility index (Phi) is 7.21. The maximum absolute atomic E-state index is 12.5. The van der Waals surface area contributed by atoms with Gasteiger partial charge in [-0.1, -0.05) is 24.3 Å². The molecule has 0 aliphatic rings. The molecule has 2 heterocycles. The van der Waals surface area contributed by atoms with Crippen molar-refractivity contribution < 1.29 is 14.3 Å². The van der Waals surface area contributed by atoms with Crippen LogP contribution in [0.3, 0.4) is 0 Å². The summed E-state index contributed by atoms with van der Waals surface area (Å²) in [7, 11) is 4.59. The van der Waals surface area contributed by atoms with E-state index in [1.165, 1.54) is 17.6 Å². The van der Waals surface area contributed by atoms with Gasteiger partial charge in [0.1, 0.15) is 11.3 Å². The first-order valence-electron chi connectivity index (χ1n) is 9.66. The van der Waals surface area contributed by atoms with E-state index in [1.54, 1.807) is 32.0 Å². The van der Waals surface area contributed by atoms with Gasteiger partial charge in [-0.15, -0.1) is 16.4 Å². The van der Waals surface area contributed by atoms with E-state index in [0.29, 0.717) is 27.9 Å². The number of esters is 1. The molecule has 0 aliphatic heterocycles. The molecule has 2 aromatic heterocycles. The fourth-order valence-electron chi connectivity index (χ4n) is 2.98. The van der Waals surface area contributed by atoms with Gasteiger partial charge in [0.05, 0.1) is 24.1 Å². The number of nitrogens with zero attached hydrogens (tertiary/aromatic N) is 4. The standard InChI is InChI=1S/C21H24N6O3S2/c1-12-8-6-7-9-14(12)10-27-11-22-20(25-27)24-21(31)23-17-15(19(29)30-5)13(2)16(32-17)18(28)26(3)4/h6-9,11H,10H2,1-5H3,(H2,23,24,25,31). The Labute approximate surface area is 195 Å². The number of thiocarbonyl (C=S) groups is 1. The van der Waals surface area contributed by atoms with Gasteiger partial charge in [0, 0.05) is 14.1 Å². The van der Waals surface area contributed by atoms with Crippen LogP contribution in [-0.2, 0) is 11.3 Å². The largest absolute Gasteiger partial charge is 0.465 e. The molecule has 0 bridgehead atoms. The number of nitrogens with one attached hydrogen (secondary N) is 2. The summed E-state index contributed by atoms with van der Waals surface area (Å²) in [4.78, 5) is 30.9. The van der Waals surface area contributed by atoms with Crippen molar-refractivity contribution in [2.75, 3.05) is 31.8 Å². The van der Waals surface area contributed by atoms with Crippen LogP contribution in [0.4, 0.5) is 10.9 Å². The van der Waals surface area contributed by atoms with E-state index in [9.17, 15) is 9.59 Å². The second-order valence-corrected chi connectivity index (χ2v) is 8.65. The molecule has 0 unspecified atom stereocenters. The Morgan fingerprint density at radius 2 is 1.94 bits per heavy atom. The number of benzene rings is 1. The number of hydrogen-bond acceptors (Lipinski definition) is 7. The second kappa shape index (κ2) is 9.88. The number of ether oxygens (including phenoxy) is 1. The molecule has 0 radical (unpaired) electrons. The number of aromatic nitrogens is 3. The fourth-order valence-corrected chi connectivity index (χ4v) is 4.46. The highest BCUT2D eigenvalue weighted by atomic mass is 32.1. The van der Waals surface area contributed by atoms with Crippen LogP contribution in [0.1, 0.15) is 36.7 Å². The normalized spacial score (nSPS) is 10.5. The summed E-state index contributed by atoms with van der Waals surface area (Å²) in [5, 5.41) is 10.9. The van der Waals surface area contributed by atoms with Crippen LogP contribution < -0.4 is 10.6 Å². The lowest BCUT2D eigenvalue weighted by Gasteiger charge is -2.08. The summed E-state index contributed by atoms with van der Waals surface area (Å²) in [6.07, 6.45) is 1.61. The highest BCUT2D eigenvalue weighted by Gasteiger charge is 2.26.